The molecule has 0 aliphatic carbocycles. The number of amides is 3. The third kappa shape index (κ3) is 6.90. The summed E-state index contributed by atoms with van der Waals surface area (Å²) in [7, 11) is 0. The van der Waals surface area contributed by atoms with Crippen LogP contribution in [-0.4, -0.2) is 70.4 Å². The van der Waals surface area contributed by atoms with Crippen LogP contribution in [0.4, 0.5) is 0 Å². The van der Waals surface area contributed by atoms with Crippen molar-refractivity contribution in [1.29, 1.82) is 0 Å². The predicted molar refractivity (Wildman–Crippen MR) is 137 cm³/mol. The van der Waals surface area contributed by atoms with Crippen molar-refractivity contribution in [1.82, 2.24) is 15.5 Å². The Labute approximate surface area is 220 Å². The fourth-order valence-electron chi connectivity index (χ4n) is 4.38. The lowest BCUT2D eigenvalue weighted by molar-refractivity contribution is -0.142. The van der Waals surface area contributed by atoms with E-state index in [9.17, 15) is 28.8 Å². The second-order valence-electron chi connectivity index (χ2n) is 9.51. The highest BCUT2D eigenvalue weighted by atomic mass is 16.4. The molecule has 2 aromatic carbocycles. The largest absolute Gasteiger partial charge is 0.481 e. The van der Waals surface area contributed by atoms with Gasteiger partial charge in [-0.15, -0.1) is 0 Å². The van der Waals surface area contributed by atoms with Gasteiger partial charge in [0.05, 0.1) is 12.5 Å². The first kappa shape index (κ1) is 28.2. The van der Waals surface area contributed by atoms with Gasteiger partial charge >= 0.3 is 5.97 Å². The number of hydrogen-bond acceptors (Lipinski definition) is 6. The summed E-state index contributed by atoms with van der Waals surface area (Å²) in [6, 6.07) is 11.9. The monoisotopic (exact) mass is 521 g/mol. The number of benzene rings is 2. The molecule has 1 fully saturated rings. The van der Waals surface area contributed by atoms with Crippen LogP contribution in [0.3, 0.4) is 0 Å². The first-order chi connectivity index (χ1) is 18.1. The first-order valence-electron chi connectivity index (χ1n) is 12.4. The summed E-state index contributed by atoms with van der Waals surface area (Å²) in [6.45, 7) is 3.80. The van der Waals surface area contributed by atoms with Crippen LogP contribution in [-0.2, 0) is 19.2 Å². The lowest BCUT2D eigenvalue weighted by atomic mass is 9.99. The molecule has 0 aromatic heterocycles. The molecule has 1 saturated heterocycles. The molecule has 10 nitrogen and oxygen atoms in total. The highest BCUT2D eigenvalue weighted by Crippen LogP contribution is 2.21. The number of carboxylic acids is 1. The maximum Gasteiger partial charge on any atom is 0.305 e. The van der Waals surface area contributed by atoms with Gasteiger partial charge in [-0.2, -0.15) is 0 Å². The summed E-state index contributed by atoms with van der Waals surface area (Å²) in [5, 5.41) is 14.1. The molecule has 1 aliphatic rings. The van der Waals surface area contributed by atoms with Crippen LogP contribution in [0.5, 0.6) is 0 Å². The lowest BCUT2D eigenvalue weighted by Gasteiger charge is -2.31. The Balaban J connectivity index is 1.73. The number of nitrogens with one attached hydrogen (secondary N) is 2. The van der Waals surface area contributed by atoms with Crippen LogP contribution in [0.2, 0.25) is 0 Å². The second kappa shape index (κ2) is 12.8. The molecule has 3 rings (SSSR count). The predicted octanol–water partition coefficient (Wildman–Crippen LogP) is 1.82. The van der Waals surface area contributed by atoms with E-state index in [1.165, 1.54) is 11.0 Å². The van der Waals surface area contributed by atoms with Crippen molar-refractivity contribution in [3.63, 3.8) is 0 Å². The number of nitrogens with zero attached hydrogens (tertiary/aromatic N) is 1. The molecule has 38 heavy (non-hydrogen) atoms. The molecular formula is C28H31N3O7. The molecule has 10 heteroatoms. The number of aliphatic carboxylic acids is 1. The van der Waals surface area contributed by atoms with E-state index in [2.05, 4.69) is 10.6 Å². The maximum atomic E-state index is 13.5. The molecule has 0 radical (unpaired) electrons. The Bertz CT molecular complexity index is 1210. The zero-order chi connectivity index (χ0) is 27.8. The molecule has 0 saturated carbocycles. The van der Waals surface area contributed by atoms with Gasteiger partial charge in [0.15, 0.2) is 5.78 Å². The fourth-order valence-corrected chi connectivity index (χ4v) is 4.38. The first-order valence-corrected chi connectivity index (χ1v) is 12.4. The molecular weight excluding hydrogens is 490 g/mol. The third-order valence-corrected chi connectivity index (χ3v) is 6.37. The van der Waals surface area contributed by atoms with Gasteiger partial charge in [0.2, 0.25) is 11.8 Å². The topological polar surface area (TPSA) is 150 Å². The van der Waals surface area contributed by atoms with Gasteiger partial charge in [-0.1, -0.05) is 56.3 Å². The van der Waals surface area contributed by atoms with Gasteiger partial charge in [-0.05, 0) is 30.9 Å². The number of hydrogen-bond donors (Lipinski definition) is 3. The van der Waals surface area contributed by atoms with Crippen molar-refractivity contribution in [2.45, 2.75) is 51.2 Å². The second-order valence-corrected chi connectivity index (χ2v) is 9.51. The Kier molecular flexibility index (Phi) is 9.48. The third-order valence-electron chi connectivity index (χ3n) is 6.37. The van der Waals surface area contributed by atoms with Gasteiger partial charge in [-0.3, -0.25) is 24.0 Å². The molecule has 0 bridgehead atoms. The van der Waals surface area contributed by atoms with E-state index in [0.29, 0.717) is 30.3 Å². The van der Waals surface area contributed by atoms with Crippen molar-refractivity contribution in [3.05, 3.63) is 71.3 Å². The normalized spacial score (nSPS) is 16.4. The van der Waals surface area contributed by atoms with Gasteiger partial charge in [0, 0.05) is 23.2 Å². The lowest BCUT2D eigenvalue weighted by Crippen LogP contribution is -2.56. The van der Waals surface area contributed by atoms with Crippen molar-refractivity contribution in [2.24, 2.45) is 5.92 Å². The fraction of sp³-hybridized carbons (Fsp3) is 0.357. The average Bonchev–Trinajstić information content (AvgIpc) is 3.41. The minimum absolute atomic E-state index is 0.212. The van der Waals surface area contributed by atoms with Gasteiger partial charge in [0.25, 0.3) is 5.91 Å². The minimum Gasteiger partial charge on any atom is -0.481 e. The zero-order valence-electron chi connectivity index (χ0n) is 21.3. The minimum atomic E-state index is -1.24. The van der Waals surface area contributed by atoms with Gasteiger partial charge in [-0.25, -0.2) is 0 Å². The molecule has 3 N–H and O–H groups in total. The number of carbonyl (C=O) groups is 6. The number of carbonyl (C=O) groups excluding carboxylic acids is 5. The summed E-state index contributed by atoms with van der Waals surface area (Å²) < 4.78 is 0. The van der Waals surface area contributed by atoms with E-state index in [1.807, 2.05) is 0 Å². The quantitative estimate of drug-likeness (QED) is 0.302. The van der Waals surface area contributed by atoms with Gasteiger partial charge < -0.3 is 25.4 Å². The molecule has 1 aliphatic heterocycles. The Morgan fingerprint density at radius 3 is 2.26 bits per heavy atom. The van der Waals surface area contributed by atoms with Crippen molar-refractivity contribution >= 4 is 35.8 Å². The van der Waals surface area contributed by atoms with E-state index in [1.54, 1.807) is 62.4 Å². The molecule has 3 atom stereocenters. The number of rotatable bonds is 11. The molecule has 2 aromatic rings. The van der Waals surface area contributed by atoms with E-state index < -0.39 is 48.2 Å². The molecule has 0 spiro atoms. The standard InChI is InChI=1S/C28H31N3O7/c1-17(2)24(28(38)31-13-7-12-22(31)27(37)29-21(16-32)15-23(33)34)30-26(36)20-11-6-10-19(14-20)25(35)18-8-4-3-5-9-18/h3-6,8-11,14,16-17,21-22,24H,7,12-13,15H2,1-2H3,(H,29,37)(H,30,36)(H,33,34)/t21-,22-,24-/m0/s1. The van der Waals surface area contributed by atoms with Crippen molar-refractivity contribution in [3.8, 4) is 0 Å². The Morgan fingerprint density at radius 2 is 1.63 bits per heavy atom. The maximum absolute atomic E-state index is 13.5. The smallest absolute Gasteiger partial charge is 0.305 e. The van der Waals surface area contributed by atoms with Crippen LogP contribution in [0.15, 0.2) is 54.6 Å². The summed E-state index contributed by atoms with van der Waals surface area (Å²) in [5.41, 5.74) is 1.03. The average molecular weight is 522 g/mol. The Hall–Kier alpha value is -4.34. The van der Waals surface area contributed by atoms with Crippen LogP contribution in [0.1, 0.15) is 59.4 Å². The van der Waals surface area contributed by atoms with Crippen molar-refractivity contribution < 1.29 is 33.9 Å². The molecule has 200 valence electrons. The number of carboxylic acid groups (broad SMARTS) is 1. The van der Waals surface area contributed by atoms with Crippen LogP contribution in [0, 0.1) is 5.92 Å². The molecule has 3 amide bonds. The van der Waals surface area contributed by atoms with Crippen LogP contribution < -0.4 is 10.6 Å². The van der Waals surface area contributed by atoms with Crippen LogP contribution in [0.25, 0.3) is 0 Å². The molecule has 0 unspecified atom stereocenters. The molecule has 1 heterocycles. The van der Waals surface area contributed by atoms with E-state index >= 15 is 0 Å². The zero-order valence-corrected chi connectivity index (χ0v) is 21.3. The van der Waals surface area contributed by atoms with Gasteiger partial charge in [0.1, 0.15) is 18.4 Å². The highest BCUT2D eigenvalue weighted by Gasteiger charge is 2.39. The summed E-state index contributed by atoms with van der Waals surface area (Å²) >= 11 is 0. The SMILES string of the molecule is CC(C)[C@H](NC(=O)c1cccc(C(=O)c2ccccc2)c1)C(=O)N1CCC[C@H]1C(=O)N[C@H](C=O)CC(=O)O. The highest BCUT2D eigenvalue weighted by molar-refractivity contribution is 6.10. The summed E-state index contributed by atoms with van der Waals surface area (Å²) in [5.74, 6) is -3.40. The van der Waals surface area contributed by atoms with E-state index in [0.717, 1.165) is 0 Å². The van der Waals surface area contributed by atoms with E-state index in [-0.39, 0.29) is 23.8 Å². The number of ketones is 1. The number of likely N-dealkylation sites (tertiary alicyclic amines) is 1. The van der Waals surface area contributed by atoms with Crippen molar-refractivity contribution in [2.75, 3.05) is 6.54 Å². The Morgan fingerprint density at radius 1 is 0.974 bits per heavy atom. The number of aldehydes is 1. The van der Waals surface area contributed by atoms with E-state index in [4.69, 9.17) is 5.11 Å². The summed E-state index contributed by atoms with van der Waals surface area (Å²) in [4.78, 5) is 75.7. The van der Waals surface area contributed by atoms with Crippen LogP contribution >= 0.6 is 0 Å². The summed E-state index contributed by atoms with van der Waals surface area (Å²) in [6.07, 6.45) is 0.670.